The molecule has 4 rings (SSSR count). The number of hydrogen-bond acceptors (Lipinski definition) is 9. The predicted molar refractivity (Wildman–Crippen MR) is 111 cm³/mol. The lowest BCUT2D eigenvalue weighted by atomic mass is 9.93. The number of rotatable bonds is 7. The van der Waals surface area contributed by atoms with Gasteiger partial charge < -0.3 is 9.47 Å². The fourth-order valence-electron chi connectivity index (χ4n) is 3.00. The van der Waals surface area contributed by atoms with Gasteiger partial charge in [-0.25, -0.2) is 9.37 Å². The number of benzene rings is 2. The number of hydrogen-bond donors (Lipinski definition) is 0. The van der Waals surface area contributed by atoms with Crippen LogP contribution in [0, 0.1) is 15.9 Å². The van der Waals surface area contributed by atoms with Gasteiger partial charge in [0.1, 0.15) is 11.6 Å². The molecular formula is C21H17FN6O4. The Bertz CT molecular complexity index is 1200. The summed E-state index contributed by atoms with van der Waals surface area (Å²) in [7, 11) is 0. The lowest BCUT2D eigenvalue weighted by Gasteiger charge is -2.21. The Morgan fingerprint density at radius 1 is 1.16 bits per heavy atom. The second-order valence-electron chi connectivity index (χ2n) is 6.96. The highest BCUT2D eigenvalue weighted by Gasteiger charge is 2.38. The average Bonchev–Trinajstić information content (AvgIpc) is 3.16. The Labute approximate surface area is 181 Å². The molecule has 1 atom stereocenters. The van der Waals surface area contributed by atoms with Crippen LogP contribution in [0.2, 0.25) is 0 Å². The molecule has 0 N–H and O–H groups in total. The van der Waals surface area contributed by atoms with E-state index in [1.165, 1.54) is 36.5 Å². The smallest absolute Gasteiger partial charge is 0.322 e. The van der Waals surface area contributed by atoms with Crippen molar-refractivity contribution >= 4 is 11.6 Å². The van der Waals surface area contributed by atoms with Gasteiger partial charge in [-0.1, -0.05) is 23.3 Å². The van der Waals surface area contributed by atoms with Crippen molar-refractivity contribution in [2.75, 3.05) is 6.61 Å². The molecular weight excluding hydrogens is 419 g/mol. The Hall–Kier alpha value is -4.28. The van der Waals surface area contributed by atoms with Gasteiger partial charge in [-0.3, -0.25) is 10.1 Å². The first kappa shape index (κ1) is 21.0. The van der Waals surface area contributed by atoms with E-state index < -0.39 is 10.5 Å². The zero-order valence-electron chi connectivity index (χ0n) is 16.9. The molecule has 0 saturated carbocycles. The number of ether oxygens (including phenoxy) is 2. The van der Waals surface area contributed by atoms with Gasteiger partial charge in [0.2, 0.25) is 5.90 Å². The number of aromatic nitrogens is 2. The maximum absolute atomic E-state index is 13.2. The molecule has 0 radical (unpaired) electrons. The molecule has 0 saturated heterocycles. The molecule has 2 aromatic carbocycles. The van der Waals surface area contributed by atoms with E-state index in [1.54, 1.807) is 31.2 Å². The van der Waals surface area contributed by atoms with E-state index in [0.717, 1.165) is 0 Å². The van der Waals surface area contributed by atoms with Gasteiger partial charge in [0.05, 0.1) is 23.3 Å². The topological polar surface area (TPSA) is 124 Å². The molecule has 0 spiro atoms. The van der Waals surface area contributed by atoms with Crippen molar-refractivity contribution in [3.63, 3.8) is 0 Å². The highest BCUT2D eigenvalue weighted by atomic mass is 19.1. The lowest BCUT2D eigenvalue weighted by molar-refractivity contribution is -0.384. The second kappa shape index (κ2) is 8.84. The fraction of sp³-hybridized carbons (Fsp3) is 0.190. The molecule has 10 nitrogen and oxygen atoms in total. The van der Waals surface area contributed by atoms with Gasteiger partial charge in [-0.2, -0.15) is 4.98 Å². The molecule has 162 valence electrons. The molecule has 1 aliphatic rings. The van der Waals surface area contributed by atoms with Crippen molar-refractivity contribution in [2.45, 2.75) is 18.9 Å². The highest BCUT2D eigenvalue weighted by Crippen LogP contribution is 2.32. The maximum Gasteiger partial charge on any atom is 0.322 e. The molecule has 2 heterocycles. The summed E-state index contributed by atoms with van der Waals surface area (Å²) in [6, 6.07) is 13.4. The first-order valence-corrected chi connectivity index (χ1v) is 9.57. The zero-order valence-corrected chi connectivity index (χ0v) is 16.9. The minimum absolute atomic E-state index is 0.0577. The molecule has 3 aromatic rings. The summed E-state index contributed by atoms with van der Waals surface area (Å²) in [5.74, 6) is 0.205. The van der Waals surface area contributed by atoms with Crippen LogP contribution in [-0.2, 0) is 16.7 Å². The third-order valence-corrected chi connectivity index (χ3v) is 4.73. The van der Waals surface area contributed by atoms with E-state index >= 15 is 0 Å². The van der Waals surface area contributed by atoms with E-state index in [9.17, 15) is 14.5 Å². The first-order chi connectivity index (χ1) is 15.4. The van der Waals surface area contributed by atoms with Crippen molar-refractivity contribution in [1.29, 1.82) is 0 Å². The predicted octanol–water partition coefficient (Wildman–Crippen LogP) is 4.57. The molecule has 0 fully saturated rings. The normalized spacial score (nSPS) is 17.1. The highest BCUT2D eigenvalue weighted by molar-refractivity contribution is 5.88. The van der Waals surface area contributed by atoms with E-state index in [1.807, 2.05) is 0 Å². The molecule has 32 heavy (non-hydrogen) atoms. The van der Waals surface area contributed by atoms with Crippen molar-refractivity contribution in [3.05, 3.63) is 88.0 Å². The van der Waals surface area contributed by atoms with Gasteiger partial charge in [0.15, 0.2) is 5.54 Å². The third-order valence-electron chi connectivity index (χ3n) is 4.73. The Morgan fingerprint density at radius 3 is 2.75 bits per heavy atom. The van der Waals surface area contributed by atoms with Crippen LogP contribution in [0.5, 0.6) is 11.8 Å². The SMILES string of the molecule is CC1(c2ccc(F)cc2)N=NN=C1OCCc1ccnc(Oc2cccc([N+](=O)[O-])c2)n1. The van der Waals surface area contributed by atoms with Gasteiger partial charge in [-0.15, -0.1) is 5.11 Å². The van der Waals surface area contributed by atoms with E-state index in [2.05, 4.69) is 25.4 Å². The van der Waals surface area contributed by atoms with Crippen molar-refractivity contribution in [1.82, 2.24) is 9.97 Å². The molecule has 0 amide bonds. The van der Waals surface area contributed by atoms with Crippen LogP contribution in [0.4, 0.5) is 10.1 Å². The van der Waals surface area contributed by atoms with Crippen LogP contribution in [0.1, 0.15) is 18.2 Å². The lowest BCUT2D eigenvalue weighted by Crippen LogP contribution is -2.30. The molecule has 0 bridgehead atoms. The summed E-state index contributed by atoms with van der Waals surface area (Å²) >= 11 is 0. The van der Waals surface area contributed by atoms with E-state index in [4.69, 9.17) is 9.47 Å². The molecule has 0 aliphatic carbocycles. The summed E-state index contributed by atoms with van der Waals surface area (Å²) < 4.78 is 24.6. The maximum atomic E-state index is 13.2. The van der Waals surface area contributed by atoms with E-state index in [-0.39, 0.29) is 29.9 Å². The van der Waals surface area contributed by atoms with Crippen LogP contribution in [0.15, 0.2) is 76.2 Å². The van der Waals surface area contributed by atoms with Gasteiger partial charge in [0.25, 0.3) is 5.69 Å². The number of nitrogens with zero attached hydrogens (tertiary/aromatic N) is 6. The summed E-state index contributed by atoms with van der Waals surface area (Å²) in [4.78, 5) is 18.7. The Morgan fingerprint density at radius 2 is 1.97 bits per heavy atom. The summed E-state index contributed by atoms with van der Waals surface area (Å²) in [5, 5.41) is 22.7. The molecule has 1 aromatic heterocycles. The van der Waals surface area contributed by atoms with Gasteiger partial charge in [0, 0.05) is 18.7 Å². The van der Waals surface area contributed by atoms with Gasteiger partial charge >= 0.3 is 6.01 Å². The third kappa shape index (κ3) is 4.56. The number of nitro groups is 1. The quantitative estimate of drug-likeness (QED) is 0.395. The van der Waals surface area contributed by atoms with E-state index in [0.29, 0.717) is 23.6 Å². The molecule has 1 unspecified atom stereocenters. The van der Waals surface area contributed by atoms with Crippen LogP contribution in [-0.4, -0.2) is 27.4 Å². The zero-order chi connectivity index (χ0) is 22.6. The molecule has 11 heteroatoms. The Balaban J connectivity index is 1.38. The van der Waals surface area contributed by atoms with Gasteiger partial charge in [-0.05, 0) is 42.0 Å². The van der Waals surface area contributed by atoms with Crippen LogP contribution < -0.4 is 4.74 Å². The number of halogens is 1. The van der Waals surface area contributed by atoms with Crippen molar-refractivity contribution in [2.24, 2.45) is 15.4 Å². The largest absolute Gasteiger partial charge is 0.477 e. The first-order valence-electron chi connectivity index (χ1n) is 9.57. The summed E-state index contributed by atoms with van der Waals surface area (Å²) in [6.45, 7) is 2.01. The van der Waals surface area contributed by atoms with Crippen LogP contribution in [0.25, 0.3) is 0 Å². The van der Waals surface area contributed by atoms with Crippen molar-refractivity contribution in [3.8, 4) is 11.8 Å². The number of non-ortho nitro benzene ring substituents is 1. The molecule has 1 aliphatic heterocycles. The summed E-state index contributed by atoms with van der Waals surface area (Å²) in [5.41, 5.74) is 0.310. The Kier molecular flexibility index (Phi) is 5.79. The van der Waals surface area contributed by atoms with Crippen molar-refractivity contribution < 1.29 is 18.8 Å². The second-order valence-corrected chi connectivity index (χ2v) is 6.96. The summed E-state index contributed by atoms with van der Waals surface area (Å²) in [6.07, 6.45) is 1.93. The minimum atomic E-state index is -0.935. The fourth-order valence-corrected chi connectivity index (χ4v) is 3.00. The minimum Gasteiger partial charge on any atom is -0.477 e. The monoisotopic (exact) mass is 436 g/mol. The van der Waals surface area contributed by atoms with Crippen LogP contribution in [0.3, 0.4) is 0 Å². The standard InChI is InChI=1S/C21H17FN6O4/c1-21(14-5-7-15(22)8-6-14)19(25-27-26-21)31-12-10-16-9-11-23-20(24-16)32-18-4-2-3-17(13-18)28(29)30/h2-9,11,13H,10,12H2,1H3. The number of nitro benzene ring substituents is 1. The van der Waals surface area contributed by atoms with Crippen LogP contribution >= 0.6 is 0 Å². The average molecular weight is 436 g/mol.